The molecular formula is C8H13N3O3S. The molecule has 0 bridgehead atoms. The lowest BCUT2D eigenvalue weighted by Gasteiger charge is -2.12. The van der Waals surface area contributed by atoms with Crippen LogP contribution in [0, 0.1) is 0 Å². The van der Waals surface area contributed by atoms with Crippen LogP contribution < -0.4 is 4.72 Å². The number of aryl methyl sites for hydroxylation is 1. The molecule has 0 spiro atoms. The molecule has 2 rings (SSSR count). The van der Waals surface area contributed by atoms with Gasteiger partial charge in [0.2, 0.25) is 0 Å². The van der Waals surface area contributed by atoms with E-state index < -0.39 is 15.6 Å². The van der Waals surface area contributed by atoms with E-state index in [1.165, 1.54) is 12.5 Å². The average Bonchev–Trinajstić information content (AvgIpc) is 2.78. The highest BCUT2D eigenvalue weighted by molar-refractivity contribution is 7.89. The van der Waals surface area contributed by atoms with Crippen molar-refractivity contribution in [3.05, 3.63) is 12.5 Å². The number of hydrogen-bond donors (Lipinski definition) is 2. The van der Waals surface area contributed by atoms with Gasteiger partial charge in [-0.15, -0.1) is 0 Å². The van der Waals surface area contributed by atoms with Crippen LogP contribution in [0.25, 0.3) is 0 Å². The van der Waals surface area contributed by atoms with Gasteiger partial charge in [-0.3, -0.25) is 0 Å². The van der Waals surface area contributed by atoms with Crippen LogP contribution >= 0.6 is 0 Å². The maximum absolute atomic E-state index is 11.8. The van der Waals surface area contributed by atoms with Gasteiger partial charge >= 0.3 is 0 Å². The number of rotatable bonds is 4. The lowest BCUT2D eigenvalue weighted by molar-refractivity contribution is 0.246. The first-order valence-electron chi connectivity index (χ1n) is 4.60. The Kier molecular flexibility index (Phi) is 2.32. The van der Waals surface area contributed by atoms with Crippen LogP contribution in [-0.2, 0) is 17.1 Å². The molecule has 2 N–H and O–H groups in total. The Morgan fingerprint density at radius 3 is 2.73 bits per heavy atom. The Hall–Kier alpha value is -0.920. The van der Waals surface area contributed by atoms with Crippen LogP contribution in [0.5, 0.6) is 0 Å². The van der Waals surface area contributed by atoms with Crippen molar-refractivity contribution in [3.63, 3.8) is 0 Å². The number of aromatic nitrogens is 2. The third kappa shape index (κ3) is 2.04. The summed E-state index contributed by atoms with van der Waals surface area (Å²) in [6.07, 6.45) is 4.20. The van der Waals surface area contributed by atoms with E-state index in [1.807, 2.05) is 0 Å². The van der Waals surface area contributed by atoms with Crippen molar-refractivity contribution >= 4 is 10.0 Å². The second-order valence-electron chi connectivity index (χ2n) is 3.92. The quantitative estimate of drug-likeness (QED) is 0.712. The van der Waals surface area contributed by atoms with Crippen molar-refractivity contribution in [2.24, 2.45) is 7.05 Å². The molecule has 0 radical (unpaired) electrons. The summed E-state index contributed by atoms with van der Waals surface area (Å²) in [5.74, 6) is 0. The van der Waals surface area contributed by atoms with Crippen LogP contribution in [-0.4, -0.2) is 35.2 Å². The summed E-state index contributed by atoms with van der Waals surface area (Å²) in [5.41, 5.74) is -0.643. The molecule has 0 amide bonds. The van der Waals surface area contributed by atoms with E-state index in [4.69, 9.17) is 5.11 Å². The molecule has 1 heterocycles. The highest BCUT2D eigenvalue weighted by Gasteiger charge is 2.45. The fraction of sp³-hybridized carbons (Fsp3) is 0.625. The molecule has 7 heteroatoms. The van der Waals surface area contributed by atoms with Crippen LogP contribution in [0.2, 0.25) is 0 Å². The number of hydrogen-bond acceptors (Lipinski definition) is 4. The van der Waals surface area contributed by atoms with Gasteiger partial charge in [0.1, 0.15) is 0 Å². The lowest BCUT2D eigenvalue weighted by atomic mass is 10.3. The van der Waals surface area contributed by atoms with Gasteiger partial charge in [0, 0.05) is 13.2 Å². The summed E-state index contributed by atoms with van der Waals surface area (Å²) in [7, 11) is -1.89. The molecule has 0 aliphatic heterocycles. The standard InChI is InChI=1S/C8H13N3O3S/c1-11-4-7(9-6-11)15(13,14)10-8(5-12)2-3-8/h4,6,10,12H,2-3,5H2,1H3. The molecule has 0 aromatic carbocycles. The average molecular weight is 231 g/mol. The molecule has 6 nitrogen and oxygen atoms in total. The number of nitrogens with one attached hydrogen (secondary N) is 1. The van der Waals surface area contributed by atoms with Gasteiger partial charge in [0.15, 0.2) is 5.03 Å². The van der Waals surface area contributed by atoms with Crippen LogP contribution in [0.15, 0.2) is 17.6 Å². The van der Waals surface area contributed by atoms with Crippen molar-refractivity contribution < 1.29 is 13.5 Å². The molecular weight excluding hydrogens is 218 g/mol. The molecule has 1 fully saturated rings. The third-order valence-corrected chi connectivity index (χ3v) is 3.93. The normalized spacial score (nSPS) is 19.1. The number of nitrogens with zero attached hydrogens (tertiary/aromatic N) is 2. The van der Waals surface area contributed by atoms with Crippen molar-refractivity contribution in [2.45, 2.75) is 23.4 Å². The second kappa shape index (κ2) is 3.29. The molecule has 0 unspecified atom stereocenters. The minimum atomic E-state index is -3.59. The Morgan fingerprint density at radius 1 is 1.67 bits per heavy atom. The van der Waals surface area contributed by atoms with Gasteiger partial charge in [0.25, 0.3) is 10.0 Å². The molecule has 1 aliphatic carbocycles. The Morgan fingerprint density at radius 2 is 2.33 bits per heavy atom. The van der Waals surface area contributed by atoms with E-state index >= 15 is 0 Å². The Bertz CT molecular complexity index is 461. The van der Waals surface area contributed by atoms with Gasteiger partial charge < -0.3 is 9.67 Å². The van der Waals surface area contributed by atoms with Gasteiger partial charge in [-0.25, -0.2) is 18.1 Å². The second-order valence-corrected chi connectivity index (χ2v) is 5.55. The van der Waals surface area contributed by atoms with Crippen molar-refractivity contribution in [3.8, 4) is 0 Å². The fourth-order valence-corrected chi connectivity index (χ4v) is 2.74. The highest BCUT2D eigenvalue weighted by atomic mass is 32.2. The van der Waals surface area contributed by atoms with Gasteiger partial charge in [-0.05, 0) is 12.8 Å². The van der Waals surface area contributed by atoms with E-state index in [0.717, 1.165) is 0 Å². The summed E-state index contributed by atoms with van der Waals surface area (Å²) >= 11 is 0. The first-order chi connectivity index (χ1) is 6.97. The summed E-state index contributed by atoms with van der Waals surface area (Å²) in [5, 5.41) is 9.01. The van der Waals surface area contributed by atoms with Gasteiger partial charge in [-0.1, -0.05) is 0 Å². The zero-order valence-electron chi connectivity index (χ0n) is 8.34. The van der Waals surface area contributed by atoms with Gasteiger partial charge in [-0.2, -0.15) is 0 Å². The number of aliphatic hydroxyl groups excluding tert-OH is 1. The summed E-state index contributed by atoms with van der Waals surface area (Å²) < 4.78 is 27.6. The van der Waals surface area contributed by atoms with Crippen molar-refractivity contribution in [1.82, 2.24) is 14.3 Å². The first-order valence-corrected chi connectivity index (χ1v) is 6.09. The van der Waals surface area contributed by atoms with Crippen LogP contribution in [0.1, 0.15) is 12.8 Å². The molecule has 84 valence electrons. The summed E-state index contributed by atoms with van der Waals surface area (Å²) in [4.78, 5) is 3.76. The van der Waals surface area contributed by atoms with E-state index in [2.05, 4.69) is 9.71 Å². The van der Waals surface area contributed by atoms with Gasteiger partial charge in [0.05, 0.1) is 18.5 Å². The third-order valence-electron chi connectivity index (χ3n) is 2.46. The predicted molar refractivity (Wildman–Crippen MR) is 52.6 cm³/mol. The largest absolute Gasteiger partial charge is 0.394 e. The maximum Gasteiger partial charge on any atom is 0.260 e. The summed E-state index contributed by atoms with van der Waals surface area (Å²) in [6, 6.07) is 0. The fourth-order valence-electron chi connectivity index (χ4n) is 1.31. The van der Waals surface area contributed by atoms with E-state index in [-0.39, 0.29) is 11.6 Å². The molecule has 15 heavy (non-hydrogen) atoms. The molecule has 0 saturated heterocycles. The van der Waals surface area contributed by atoms with E-state index in [1.54, 1.807) is 11.6 Å². The predicted octanol–water partition coefficient (Wildman–Crippen LogP) is -0.777. The van der Waals surface area contributed by atoms with Crippen molar-refractivity contribution in [1.29, 1.82) is 0 Å². The zero-order chi connectivity index (χ0) is 11.1. The van der Waals surface area contributed by atoms with Crippen LogP contribution in [0.4, 0.5) is 0 Å². The minimum Gasteiger partial charge on any atom is -0.394 e. The topological polar surface area (TPSA) is 84.2 Å². The molecule has 1 aliphatic rings. The SMILES string of the molecule is Cn1cnc(S(=O)(=O)NC2(CO)CC2)c1. The van der Waals surface area contributed by atoms with E-state index in [9.17, 15) is 8.42 Å². The molecule has 0 atom stereocenters. The highest BCUT2D eigenvalue weighted by Crippen LogP contribution is 2.35. The zero-order valence-corrected chi connectivity index (χ0v) is 9.16. The first kappa shape index (κ1) is 10.6. The Balaban J connectivity index is 2.21. The maximum atomic E-state index is 11.8. The van der Waals surface area contributed by atoms with E-state index in [0.29, 0.717) is 12.8 Å². The Labute approximate surface area is 88.0 Å². The lowest BCUT2D eigenvalue weighted by Crippen LogP contribution is -2.39. The number of aliphatic hydroxyl groups is 1. The smallest absolute Gasteiger partial charge is 0.260 e. The number of sulfonamides is 1. The number of imidazole rings is 1. The monoisotopic (exact) mass is 231 g/mol. The van der Waals surface area contributed by atoms with Crippen molar-refractivity contribution in [2.75, 3.05) is 6.61 Å². The molecule has 1 aromatic rings. The van der Waals surface area contributed by atoms with Crippen LogP contribution in [0.3, 0.4) is 0 Å². The summed E-state index contributed by atoms with van der Waals surface area (Å²) in [6.45, 7) is -0.168. The molecule has 1 aromatic heterocycles. The molecule has 1 saturated carbocycles. The minimum absolute atomic E-state index is 0.00951.